The third-order valence-corrected chi connectivity index (χ3v) is 3.57. The highest BCUT2D eigenvalue weighted by molar-refractivity contribution is 5.46. The fraction of sp³-hybridized carbons (Fsp3) is 0.625. The second kappa shape index (κ2) is 7.22. The molecule has 5 heteroatoms. The third kappa shape index (κ3) is 4.97. The maximum Gasteiger partial charge on any atom is 0.122 e. The Bertz CT molecular complexity index is 436. The van der Waals surface area contributed by atoms with E-state index < -0.39 is 12.1 Å². The van der Waals surface area contributed by atoms with Crippen molar-refractivity contribution in [2.45, 2.75) is 51.1 Å². The van der Waals surface area contributed by atoms with Crippen LogP contribution in [0.1, 0.15) is 37.5 Å². The number of aromatic hydroxyl groups is 1. The lowest BCUT2D eigenvalue weighted by Gasteiger charge is -2.24. The summed E-state index contributed by atoms with van der Waals surface area (Å²) in [6.45, 7) is 6.00. The van der Waals surface area contributed by atoms with Gasteiger partial charge in [-0.2, -0.15) is 0 Å². The van der Waals surface area contributed by atoms with Crippen LogP contribution in [-0.2, 0) is 18.3 Å². The van der Waals surface area contributed by atoms with E-state index >= 15 is 0 Å². The number of phenolic OH excluding ortho intramolecular Hbond substituents is 1. The Morgan fingerprint density at radius 1 is 0.952 bits per heavy atom. The zero-order chi connectivity index (χ0) is 16.2. The van der Waals surface area contributed by atoms with Gasteiger partial charge in [-0.15, -0.1) is 0 Å². The summed E-state index contributed by atoms with van der Waals surface area (Å²) in [5, 5.41) is 28.6. The molecule has 0 aliphatic carbocycles. The Kier molecular flexibility index (Phi) is 6.16. The van der Waals surface area contributed by atoms with E-state index in [2.05, 4.69) is 20.8 Å². The van der Waals surface area contributed by atoms with Gasteiger partial charge in [0.15, 0.2) is 0 Å². The molecule has 0 bridgehead atoms. The predicted molar refractivity (Wildman–Crippen MR) is 84.3 cm³/mol. The molecule has 2 unspecified atom stereocenters. The smallest absolute Gasteiger partial charge is 0.122 e. The second-order valence-corrected chi connectivity index (χ2v) is 6.69. The van der Waals surface area contributed by atoms with E-state index in [-0.39, 0.29) is 24.4 Å². The minimum Gasteiger partial charge on any atom is -0.507 e. The molecule has 0 saturated carbocycles. The molecular formula is C16H28N2O3. The minimum atomic E-state index is -0.412. The summed E-state index contributed by atoms with van der Waals surface area (Å²) < 4.78 is 0. The van der Waals surface area contributed by atoms with Crippen LogP contribution in [0.3, 0.4) is 0 Å². The first-order valence-electron chi connectivity index (χ1n) is 7.27. The first kappa shape index (κ1) is 17.9. The van der Waals surface area contributed by atoms with Crippen molar-refractivity contribution in [2.24, 2.45) is 11.5 Å². The third-order valence-electron chi connectivity index (χ3n) is 3.57. The largest absolute Gasteiger partial charge is 0.507 e. The van der Waals surface area contributed by atoms with Crippen molar-refractivity contribution in [1.29, 1.82) is 0 Å². The van der Waals surface area contributed by atoms with Gasteiger partial charge in [0.2, 0.25) is 0 Å². The van der Waals surface area contributed by atoms with Gasteiger partial charge in [-0.25, -0.2) is 0 Å². The molecule has 5 nitrogen and oxygen atoms in total. The first-order valence-corrected chi connectivity index (χ1v) is 7.27. The molecule has 0 aliphatic heterocycles. The summed E-state index contributed by atoms with van der Waals surface area (Å²) in [5.41, 5.74) is 14.0. The Morgan fingerprint density at radius 3 is 1.62 bits per heavy atom. The average Bonchev–Trinajstić information content (AvgIpc) is 2.41. The summed E-state index contributed by atoms with van der Waals surface area (Å²) in [5.74, 6) is 0.163. The highest BCUT2D eigenvalue weighted by Gasteiger charge is 2.20. The first-order chi connectivity index (χ1) is 9.68. The Morgan fingerprint density at radius 2 is 1.33 bits per heavy atom. The molecule has 0 saturated heterocycles. The van der Waals surface area contributed by atoms with Gasteiger partial charge in [-0.05, 0) is 34.9 Å². The van der Waals surface area contributed by atoms with Gasteiger partial charge >= 0.3 is 0 Å². The molecule has 0 aromatic heterocycles. The fourth-order valence-corrected chi connectivity index (χ4v) is 2.20. The van der Waals surface area contributed by atoms with Crippen LogP contribution >= 0.6 is 0 Å². The van der Waals surface area contributed by atoms with Crippen molar-refractivity contribution in [3.8, 4) is 5.75 Å². The van der Waals surface area contributed by atoms with Crippen LogP contribution in [0.2, 0.25) is 0 Å². The second-order valence-electron chi connectivity index (χ2n) is 6.69. The Labute approximate surface area is 126 Å². The summed E-state index contributed by atoms with van der Waals surface area (Å²) in [4.78, 5) is 0. The molecule has 1 aromatic rings. The van der Waals surface area contributed by atoms with Gasteiger partial charge in [0, 0.05) is 12.1 Å². The van der Waals surface area contributed by atoms with E-state index in [1.54, 1.807) is 0 Å². The highest BCUT2D eigenvalue weighted by Crippen LogP contribution is 2.32. The molecule has 0 radical (unpaired) electrons. The number of hydrogen-bond acceptors (Lipinski definition) is 5. The van der Waals surface area contributed by atoms with E-state index in [4.69, 9.17) is 21.7 Å². The molecule has 1 aromatic carbocycles. The number of hydrogen-bond donors (Lipinski definition) is 5. The van der Waals surface area contributed by atoms with Crippen LogP contribution in [0.5, 0.6) is 5.75 Å². The fourth-order valence-electron chi connectivity index (χ4n) is 2.20. The van der Waals surface area contributed by atoms with Gasteiger partial charge in [-0.1, -0.05) is 32.9 Å². The molecule has 0 spiro atoms. The molecule has 0 fully saturated rings. The van der Waals surface area contributed by atoms with Gasteiger partial charge in [0.25, 0.3) is 0 Å². The number of nitrogens with two attached hydrogens (primary N) is 2. The normalized spacial score (nSPS) is 15.0. The van der Waals surface area contributed by atoms with Crippen molar-refractivity contribution in [3.05, 3.63) is 28.8 Å². The van der Waals surface area contributed by atoms with Crippen LogP contribution in [0, 0.1) is 0 Å². The standard InChI is InChI=1S/C16H28N2O3/c1-16(2,3)12-4-10(6-13(17)8-19)15(21)11(5-12)7-14(18)9-20/h4-5,13-14,19-21H,6-9,17-18H2,1-3H3. The molecule has 0 aliphatic rings. The summed E-state index contributed by atoms with van der Waals surface area (Å²) >= 11 is 0. The molecule has 0 heterocycles. The Hall–Kier alpha value is -1.14. The lowest BCUT2D eigenvalue weighted by molar-refractivity contribution is 0.263. The van der Waals surface area contributed by atoms with E-state index in [0.717, 1.165) is 5.56 Å². The van der Waals surface area contributed by atoms with E-state index in [1.165, 1.54) is 0 Å². The maximum atomic E-state index is 10.4. The molecule has 2 atom stereocenters. The van der Waals surface area contributed by atoms with Crippen LogP contribution in [-0.4, -0.2) is 40.6 Å². The van der Waals surface area contributed by atoms with Crippen molar-refractivity contribution in [1.82, 2.24) is 0 Å². The molecular weight excluding hydrogens is 268 g/mol. The van der Waals surface area contributed by atoms with E-state index in [9.17, 15) is 5.11 Å². The minimum absolute atomic E-state index is 0.0795. The number of rotatable bonds is 6. The molecule has 7 N–H and O–H groups in total. The molecule has 1 rings (SSSR count). The zero-order valence-electron chi connectivity index (χ0n) is 13.1. The van der Waals surface area contributed by atoms with Crippen LogP contribution in [0.25, 0.3) is 0 Å². The van der Waals surface area contributed by atoms with E-state index in [0.29, 0.717) is 24.0 Å². The number of aliphatic hydroxyl groups is 2. The van der Waals surface area contributed by atoms with E-state index in [1.807, 2.05) is 12.1 Å². The molecule has 0 amide bonds. The molecule has 21 heavy (non-hydrogen) atoms. The number of aliphatic hydroxyl groups excluding tert-OH is 2. The monoisotopic (exact) mass is 296 g/mol. The maximum absolute atomic E-state index is 10.4. The van der Waals surface area contributed by atoms with Gasteiger partial charge in [0.1, 0.15) is 5.75 Å². The Balaban J connectivity index is 3.25. The lowest BCUT2D eigenvalue weighted by Crippen LogP contribution is -2.28. The SMILES string of the molecule is CC(C)(C)c1cc(CC(N)CO)c(O)c(CC(N)CO)c1. The summed E-state index contributed by atoms with van der Waals surface area (Å²) in [6.07, 6.45) is 0.793. The van der Waals surface area contributed by atoms with Crippen molar-refractivity contribution in [3.63, 3.8) is 0 Å². The highest BCUT2D eigenvalue weighted by atomic mass is 16.3. The van der Waals surface area contributed by atoms with Crippen LogP contribution in [0.4, 0.5) is 0 Å². The van der Waals surface area contributed by atoms with Gasteiger partial charge in [-0.3, -0.25) is 0 Å². The lowest BCUT2D eigenvalue weighted by atomic mass is 9.83. The van der Waals surface area contributed by atoms with Crippen LogP contribution < -0.4 is 11.5 Å². The van der Waals surface area contributed by atoms with Crippen molar-refractivity contribution >= 4 is 0 Å². The predicted octanol–water partition coefficient (Wildman–Crippen LogP) is 0.414. The molecule has 120 valence electrons. The number of benzene rings is 1. The van der Waals surface area contributed by atoms with Gasteiger partial charge in [0.05, 0.1) is 13.2 Å². The quantitative estimate of drug-likeness (QED) is 0.522. The number of phenols is 1. The van der Waals surface area contributed by atoms with Crippen LogP contribution in [0.15, 0.2) is 12.1 Å². The zero-order valence-corrected chi connectivity index (χ0v) is 13.1. The summed E-state index contributed by atoms with van der Waals surface area (Å²) in [7, 11) is 0. The summed E-state index contributed by atoms with van der Waals surface area (Å²) in [6, 6.07) is 3.04. The van der Waals surface area contributed by atoms with Crippen molar-refractivity contribution in [2.75, 3.05) is 13.2 Å². The average molecular weight is 296 g/mol. The topological polar surface area (TPSA) is 113 Å². The van der Waals surface area contributed by atoms with Crippen molar-refractivity contribution < 1.29 is 15.3 Å². The van der Waals surface area contributed by atoms with Gasteiger partial charge < -0.3 is 26.8 Å².